The number of non-ortho nitro benzene ring substituents is 1. The van der Waals surface area contributed by atoms with Gasteiger partial charge in [-0.25, -0.2) is 9.59 Å². The summed E-state index contributed by atoms with van der Waals surface area (Å²) in [7, 11) is 1.52. The Balaban J connectivity index is 1.71. The molecule has 0 spiro atoms. The van der Waals surface area contributed by atoms with Gasteiger partial charge in [-0.15, -0.1) is 11.3 Å². The first kappa shape index (κ1) is 29.5. The van der Waals surface area contributed by atoms with Gasteiger partial charge in [-0.2, -0.15) is 0 Å². The predicted molar refractivity (Wildman–Crippen MR) is 162 cm³/mol. The molecule has 2 heterocycles. The number of ketones is 1. The van der Waals surface area contributed by atoms with Crippen molar-refractivity contribution >= 4 is 40.5 Å². The fraction of sp³-hybridized carbons (Fsp3) is 0.219. The first-order chi connectivity index (χ1) is 20.6. The quantitative estimate of drug-likeness (QED) is 0.131. The van der Waals surface area contributed by atoms with Crippen molar-refractivity contribution in [1.82, 2.24) is 4.90 Å². The molecule has 2 amide bonds. The van der Waals surface area contributed by atoms with Crippen molar-refractivity contribution < 1.29 is 29.2 Å². The van der Waals surface area contributed by atoms with Crippen LogP contribution in [-0.2, 0) is 4.79 Å². The molecule has 4 atom stereocenters. The van der Waals surface area contributed by atoms with Crippen molar-refractivity contribution in [3.8, 4) is 5.75 Å². The van der Waals surface area contributed by atoms with E-state index in [0.29, 0.717) is 21.9 Å². The molecule has 220 valence electrons. The summed E-state index contributed by atoms with van der Waals surface area (Å²) in [6, 6.07) is 21.0. The number of ether oxygens (including phenoxy) is 1. The van der Waals surface area contributed by atoms with E-state index in [1.807, 2.05) is 19.1 Å². The molecule has 2 N–H and O–H groups in total. The maximum Gasteiger partial charge on any atom is 0.330 e. The van der Waals surface area contributed by atoms with E-state index in [-0.39, 0.29) is 11.3 Å². The van der Waals surface area contributed by atoms with Gasteiger partial charge in [0, 0.05) is 34.2 Å². The number of methoxy groups -OCH3 is 1. The van der Waals surface area contributed by atoms with Crippen molar-refractivity contribution in [1.29, 1.82) is 0 Å². The third kappa shape index (κ3) is 5.35. The van der Waals surface area contributed by atoms with Crippen LogP contribution in [0.5, 0.6) is 5.75 Å². The van der Waals surface area contributed by atoms with E-state index >= 15 is 0 Å². The summed E-state index contributed by atoms with van der Waals surface area (Å²) in [5.41, 5.74) is 0.0902. The Labute approximate surface area is 251 Å². The number of carbonyl (C=O) groups excluding carboxylic acids is 2. The van der Waals surface area contributed by atoms with E-state index in [1.165, 1.54) is 54.5 Å². The summed E-state index contributed by atoms with van der Waals surface area (Å²) in [5, 5.41) is 26.7. The van der Waals surface area contributed by atoms with Crippen LogP contribution in [0, 0.1) is 23.0 Å². The number of carboxylic acid groups (broad SMARTS) is 1. The standard InChI is InChI=1S/C32H29N3O7S/c1-19-6-8-20(9-7-19)28-26(29(36)21-10-14-23(15-11-21)35(40)41)27(25-5-4-18-43-25)32(2,30(37)38)34(28)31(39)33-22-12-16-24(42-3)17-13-22/h4-18,26-28H,1-3H3,(H,33,39)(H,37,38). The minimum absolute atomic E-state index is 0.177. The molecule has 0 bridgehead atoms. The van der Waals surface area contributed by atoms with Crippen molar-refractivity contribution in [3.63, 3.8) is 0 Å². The molecule has 4 aromatic rings. The number of aryl methyl sites for hydroxylation is 1. The number of rotatable bonds is 8. The average Bonchev–Trinajstić information content (AvgIpc) is 3.62. The molecule has 43 heavy (non-hydrogen) atoms. The topological polar surface area (TPSA) is 139 Å². The molecule has 5 rings (SSSR count). The number of urea groups is 1. The molecule has 4 unspecified atom stereocenters. The molecule has 0 radical (unpaired) electrons. The third-order valence-corrected chi connectivity index (χ3v) is 8.97. The monoisotopic (exact) mass is 599 g/mol. The molecule has 11 heteroatoms. The lowest BCUT2D eigenvalue weighted by molar-refractivity contribution is -0.384. The predicted octanol–water partition coefficient (Wildman–Crippen LogP) is 6.69. The van der Waals surface area contributed by atoms with Crippen LogP contribution < -0.4 is 10.1 Å². The van der Waals surface area contributed by atoms with E-state index in [1.54, 1.807) is 53.9 Å². The zero-order chi connectivity index (χ0) is 30.9. The summed E-state index contributed by atoms with van der Waals surface area (Å²) >= 11 is 1.31. The number of hydrogen-bond donors (Lipinski definition) is 2. The Morgan fingerprint density at radius 1 is 1.00 bits per heavy atom. The second kappa shape index (κ2) is 11.7. The number of nitrogens with one attached hydrogen (secondary N) is 1. The summed E-state index contributed by atoms with van der Waals surface area (Å²) in [6.07, 6.45) is 0. The number of nitro benzene ring substituents is 1. The number of anilines is 1. The number of amides is 2. The molecular weight excluding hydrogens is 570 g/mol. The zero-order valence-corrected chi connectivity index (χ0v) is 24.4. The maximum absolute atomic E-state index is 14.5. The normalized spacial score (nSPS) is 21.3. The lowest BCUT2D eigenvalue weighted by Gasteiger charge is -2.37. The van der Waals surface area contributed by atoms with E-state index in [4.69, 9.17) is 4.74 Å². The summed E-state index contributed by atoms with van der Waals surface area (Å²) in [6.45, 7) is 3.37. The molecule has 3 aromatic carbocycles. The van der Waals surface area contributed by atoms with Crippen LogP contribution in [0.15, 0.2) is 90.3 Å². The number of benzene rings is 3. The van der Waals surface area contributed by atoms with Crippen LogP contribution in [-0.4, -0.2) is 45.4 Å². The Hall–Kier alpha value is -5.03. The largest absolute Gasteiger partial charge is 0.497 e. The highest BCUT2D eigenvalue weighted by Gasteiger charge is 2.65. The van der Waals surface area contributed by atoms with E-state index in [2.05, 4.69) is 5.32 Å². The average molecular weight is 600 g/mol. The van der Waals surface area contributed by atoms with Gasteiger partial charge in [0.25, 0.3) is 5.69 Å². The number of nitro groups is 1. The second-order valence-electron chi connectivity index (χ2n) is 10.5. The number of carbonyl (C=O) groups is 3. The summed E-state index contributed by atoms with van der Waals surface area (Å²) < 4.78 is 5.21. The molecule has 1 aromatic heterocycles. The van der Waals surface area contributed by atoms with E-state index in [9.17, 15) is 29.6 Å². The molecule has 1 saturated heterocycles. The highest BCUT2D eigenvalue weighted by atomic mass is 32.1. The maximum atomic E-state index is 14.5. The van der Waals surface area contributed by atoms with E-state index < -0.39 is 46.1 Å². The lowest BCUT2D eigenvalue weighted by Crippen LogP contribution is -2.55. The van der Waals surface area contributed by atoms with Crippen LogP contribution in [0.25, 0.3) is 0 Å². The van der Waals surface area contributed by atoms with Gasteiger partial charge in [0.15, 0.2) is 5.78 Å². The Morgan fingerprint density at radius 2 is 1.65 bits per heavy atom. The Bertz CT molecular complexity index is 1650. The Morgan fingerprint density at radius 3 is 2.19 bits per heavy atom. The minimum atomic E-state index is -1.86. The SMILES string of the molecule is COc1ccc(NC(=O)N2C(c3ccc(C)cc3)C(C(=O)c3ccc([N+](=O)[O-])cc3)C(c3cccs3)C2(C)C(=O)O)cc1. The first-order valence-corrected chi connectivity index (χ1v) is 14.3. The summed E-state index contributed by atoms with van der Waals surface area (Å²) in [4.78, 5) is 54.6. The van der Waals surface area contributed by atoms with Gasteiger partial charge in [0.2, 0.25) is 0 Å². The smallest absolute Gasteiger partial charge is 0.330 e. The van der Waals surface area contributed by atoms with Crippen molar-refractivity contribution in [2.45, 2.75) is 31.3 Å². The number of nitrogens with zero attached hydrogens (tertiary/aromatic N) is 2. The molecule has 1 aliphatic heterocycles. The molecule has 0 aliphatic carbocycles. The molecule has 0 saturated carbocycles. The highest BCUT2D eigenvalue weighted by Crippen LogP contribution is 2.57. The molecule has 1 aliphatic rings. The molecule has 10 nitrogen and oxygen atoms in total. The molecule has 1 fully saturated rings. The second-order valence-corrected chi connectivity index (χ2v) is 11.5. The lowest BCUT2D eigenvalue weighted by atomic mass is 9.74. The van der Waals surface area contributed by atoms with Crippen LogP contribution in [0.2, 0.25) is 0 Å². The third-order valence-electron chi connectivity index (χ3n) is 8.01. The van der Waals surface area contributed by atoms with Gasteiger partial charge in [-0.05, 0) is 67.3 Å². The Kier molecular flexibility index (Phi) is 8.01. The van der Waals surface area contributed by atoms with Crippen LogP contribution in [0.1, 0.15) is 45.2 Å². The van der Waals surface area contributed by atoms with E-state index in [0.717, 1.165) is 5.56 Å². The fourth-order valence-electron chi connectivity index (χ4n) is 5.84. The van der Waals surface area contributed by atoms with Crippen LogP contribution >= 0.6 is 11.3 Å². The number of thiophene rings is 1. The molecular formula is C32H29N3O7S. The van der Waals surface area contributed by atoms with Gasteiger partial charge in [0.05, 0.1) is 24.0 Å². The van der Waals surface area contributed by atoms with Crippen molar-refractivity contribution in [2.24, 2.45) is 5.92 Å². The van der Waals surface area contributed by atoms with Crippen molar-refractivity contribution in [2.75, 3.05) is 12.4 Å². The van der Waals surface area contributed by atoms with Gasteiger partial charge >= 0.3 is 12.0 Å². The highest BCUT2D eigenvalue weighted by molar-refractivity contribution is 7.10. The number of hydrogen-bond acceptors (Lipinski definition) is 7. The number of Topliss-reactive ketones (excluding diaryl/α,β-unsaturated/α-hetero) is 1. The van der Waals surface area contributed by atoms with Crippen LogP contribution in [0.4, 0.5) is 16.2 Å². The number of likely N-dealkylation sites (tertiary alicyclic amines) is 1. The minimum Gasteiger partial charge on any atom is -0.497 e. The van der Waals surface area contributed by atoms with Gasteiger partial charge in [0.1, 0.15) is 11.3 Å². The number of carboxylic acids is 1. The first-order valence-electron chi connectivity index (χ1n) is 13.4. The van der Waals surface area contributed by atoms with Gasteiger partial charge in [-0.3, -0.25) is 19.8 Å². The van der Waals surface area contributed by atoms with Crippen LogP contribution in [0.3, 0.4) is 0 Å². The zero-order valence-electron chi connectivity index (χ0n) is 23.6. The van der Waals surface area contributed by atoms with Crippen molar-refractivity contribution in [3.05, 3.63) is 122 Å². The fourth-order valence-corrected chi connectivity index (χ4v) is 6.83. The summed E-state index contributed by atoms with van der Waals surface area (Å²) in [5.74, 6) is -3.09. The number of aliphatic carboxylic acids is 1. The van der Waals surface area contributed by atoms with Gasteiger partial charge in [-0.1, -0.05) is 35.9 Å². The van der Waals surface area contributed by atoms with Gasteiger partial charge < -0.3 is 15.2 Å².